The number of hydrogen-bond acceptors (Lipinski definition) is 5. The van der Waals surface area contributed by atoms with Gasteiger partial charge in [0.1, 0.15) is 5.75 Å². The van der Waals surface area contributed by atoms with Crippen LogP contribution in [-0.2, 0) is 17.7 Å². The number of pyridine rings is 1. The summed E-state index contributed by atoms with van der Waals surface area (Å²) in [5.74, 6) is 0.918. The molecule has 4 rings (SSSR count). The number of ether oxygens (including phenoxy) is 2. The molecule has 0 aliphatic carbocycles. The van der Waals surface area contributed by atoms with E-state index in [-0.39, 0.29) is 0 Å². The Balaban J connectivity index is 1.11. The predicted molar refractivity (Wildman–Crippen MR) is 121 cm³/mol. The second-order valence-corrected chi connectivity index (χ2v) is 7.86. The van der Waals surface area contributed by atoms with Crippen LogP contribution in [0.2, 0.25) is 0 Å². The number of methoxy groups -OCH3 is 1. The fourth-order valence-electron chi connectivity index (χ4n) is 3.93. The number of nitrogens with zero attached hydrogens (tertiary/aromatic N) is 3. The fraction of sp³-hybridized carbons (Fsp3) is 0.400. The van der Waals surface area contributed by atoms with Gasteiger partial charge in [0, 0.05) is 50.9 Å². The molecular weight excluding hydrogens is 374 g/mol. The summed E-state index contributed by atoms with van der Waals surface area (Å²) >= 11 is 0. The maximum Gasteiger partial charge on any atom is 0.118 e. The van der Waals surface area contributed by atoms with E-state index in [9.17, 15) is 0 Å². The average Bonchev–Trinajstić information content (AvgIpc) is 2.80. The molecule has 0 radical (unpaired) electrons. The molecule has 1 aromatic heterocycles. The Morgan fingerprint density at radius 2 is 1.63 bits per heavy atom. The largest absolute Gasteiger partial charge is 0.497 e. The highest BCUT2D eigenvalue weighted by Gasteiger charge is 2.16. The van der Waals surface area contributed by atoms with Gasteiger partial charge in [-0.25, -0.2) is 0 Å². The van der Waals surface area contributed by atoms with Crippen LogP contribution in [0.1, 0.15) is 11.1 Å². The van der Waals surface area contributed by atoms with Gasteiger partial charge in [-0.1, -0.05) is 24.3 Å². The van der Waals surface area contributed by atoms with Gasteiger partial charge in [-0.3, -0.25) is 14.8 Å². The molecule has 2 heterocycles. The second kappa shape index (κ2) is 10.5. The summed E-state index contributed by atoms with van der Waals surface area (Å²) in [6.07, 6.45) is 2.78. The van der Waals surface area contributed by atoms with Gasteiger partial charge in [0.25, 0.3) is 0 Å². The van der Waals surface area contributed by atoms with E-state index in [2.05, 4.69) is 51.2 Å². The van der Waals surface area contributed by atoms with Crippen LogP contribution < -0.4 is 4.74 Å². The van der Waals surface area contributed by atoms with Crippen LogP contribution in [0.3, 0.4) is 0 Å². The highest BCUT2D eigenvalue weighted by molar-refractivity contribution is 5.78. The van der Waals surface area contributed by atoms with Crippen molar-refractivity contribution in [2.24, 2.45) is 0 Å². The van der Waals surface area contributed by atoms with E-state index < -0.39 is 0 Å². The lowest BCUT2D eigenvalue weighted by Gasteiger charge is -2.34. The number of benzene rings is 2. The van der Waals surface area contributed by atoms with Gasteiger partial charge >= 0.3 is 0 Å². The van der Waals surface area contributed by atoms with E-state index in [4.69, 9.17) is 9.47 Å². The standard InChI is InChI=1S/C25H31N3O2/c1-29-24-7-4-22(5-8-24)20-28-14-12-27(13-15-28)16-18-30-17-10-21-6-9-25-23(19-21)3-2-11-26-25/h2-9,11,19H,10,12-18,20H2,1H3. The minimum absolute atomic E-state index is 0.767. The molecule has 0 N–H and O–H groups in total. The second-order valence-electron chi connectivity index (χ2n) is 7.86. The molecule has 3 aromatic rings. The van der Waals surface area contributed by atoms with Crippen molar-refractivity contribution < 1.29 is 9.47 Å². The van der Waals surface area contributed by atoms with Gasteiger partial charge in [-0.15, -0.1) is 0 Å². The van der Waals surface area contributed by atoms with Gasteiger partial charge in [0.05, 0.1) is 25.8 Å². The van der Waals surface area contributed by atoms with Crippen molar-refractivity contribution in [3.63, 3.8) is 0 Å². The molecule has 1 saturated heterocycles. The van der Waals surface area contributed by atoms with E-state index in [0.717, 1.165) is 70.2 Å². The lowest BCUT2D eigenvalue weighted by Crippen LogP contribution is -2.46. The molecule has 0 spiro atoms. The molecule has 2 aromatic carbocycles. The SMILES string of the molecule is COc1ccc(CN2CCN(CCOCCc3ccc4ncccc4c3)CC2)cc1. The highest BCUT2D eigenvalue weighted by atomic mass is 16.5. The summed E-state index contributed by atoms with van der Waals surface area (Å²) in [4.78, 5) is 9.40. The lowest BCUT2D eigenvalue weighted by atomic mass is 10.1. The minimum atomic E-state index is 0.767. The molecule has 0 atom stereocenters. The fourth-order valence-corrected chi connectivity index (χ4v) is 3.93. The third-order valence-electron chi connectivity index (χ3n) is 5.78. The Kier molecular flexibility index (Phi) is 7.29. The Labute approximate surface area is 179 Å². The Morgan fingerprint density at radius 3 is 2.43 bits per heavy atom. The predicted octanol–water partition coefficient (Wildman–Crippen LogP) is 3.62. The Hall–Kier alpha value is -2.47. The van der Waals surface area contributed by atoms with Crippen LogP contribution in [0.15, 0.2) is 60.8 Å². The first kappa shape index (κ1) is 20.8. The van der Waals surface area contributed by atoms with Crippen molar-refractivity contribution in [1.29, 1.82) is 0 Å². The summed E-state index contributed by atoms with van der Waals surface area (Å²) in [6, 6.07) is 19.0. The molecule has 5 nitrogen and oxygen atoms in total. The Morgan fingerprint density at radius 1 is 0.867 bits per heavy atom. The van der Waals surface area contributed by atoms with Gasteiger partial charge in [0.15, 0.2) is 0 Å². The quantitative estimate of drug-likeness (QED) is 0.509. The van der Waals surface area contributed by atoms with Gasteiger partial charge < -0.3 is 9.47 Å². The average molecular weight is 406 g/mol. The van der Waals surface area contributed by atoms with Crippen LogP contribution in [0, 0.1) is 0 Å². The molecule has 5 heteroatoms. The van der Waals surface area contributed by atoms with E-state index in [1.807, 2.05) is 24.4 Å². The van der Waals surface area contributed by atoms with Gasteiger partial charge in [0.2, 0.25) is 0 Å². The maximum absolute atomic E-state index is 5.91. The zero-order valence-corrected chi connectivity index (χ0v) is 17.8. The van der Waals surface area contributed by atoms with E-state index in [1.165, 1.54) is 16.5 Å². The third-order valence-corrected chi connectivity index (χ3v) is 5.78. The van der Waals surface area contributed by atoms with Crippen molar-refractivity contribution >= 4 is 10.9 Å². The zero-order valence-electron chi connectivity index (χ0n) is 17.8. The summed E-state index contributed by atoms with van der Waals surface area (Å²) in [5.41, 5.74) is 3.70. The van der Waals surface area contributed by atoms with Crippen LogP contribution >= 0.6 is 0 Å². The molecule has 0 saturated carbocycles. The van der Waals surface area contributed by atoms with Crippen molar-refractivity contribution in [1.82, 2.24) is 14.8 Å². The monoisotopic (exact) mass is 405 g/mol. The van der Waals surface area contributed by atoms with Crippen molar-refractivity contribution in [3.8, 4) is 5.75 Å². The van der Waals surface area contributed by atoms with E-state index >= 15 is 0 Å². The van der Waals surface area contributed by atoms with Crippen molar-refractivity contribution in [2.45, 2.75) is 13.0 Å². The molecular formula is C25H31N3O2. The van der Waals surface area contributed by atoms with Crippen LogP contribution in [0.25, 0.3) is 10.9 Å². The topological polar surface area (TPSA) is 37.8 Å². The van der Waals surface area contributed by atoms with Gasteiger partial charge in [-0.2, -0.15) is 0 Å². The molecule has 0 bridgehead atoms. The van der Waals surface area contributed by atoms with Crippen molar-refractivity contribution in [2.75, 3.05) is 53.0 Å². The van der Waals surface area contributed by atoms with Gasteiger partial charge in [-0.05, 0) is 47.9 Å². The first-order valence-electron chi connectivity index (χ1n) is 10.8. The summed E-state index contributed by atoms with van der Waals surface area (Å²) in [7, 11) is 1.71. The Bertz CT molecular complexity index is 921. The minimum Gasteiger partial charge on any atom is -0.497 e. The summed E-state index contributed by atoms with van der Waals surface area (Å²) in [6.45, 7) is 8.02. The first-order valence-corrected chi connectivity index (χ1v) is 10.8. The molecule has 1 aliphatic rings. The molecule has 0 amide bonds. The van der Waals surface area contributed by atoms with Crippen LogP contribution in [-0.4, -0.2) is 67.8 Å². The molecule has 30 heavy (non-hydrogen) atoms. The van der Waals surface area contributed by atoms with Crippen molar-refractivity contribution in [3.05, 3.63) is 71.9 Å². The number of piperazine rings is 1. The van der Waals surface area contributed by atoms with E-state index in [1.54, 1.807) is 7.11 Å². The number of hydrogen-bond donors (Lipinski definition) is 0. The zero-order chi connectivity index (χ0) is 20.6. The maximum atomic E-state index is 5.91. The first-order chi connectivity index (χ1) is 14.8. The lowest BCUT2D eigenvalue weighted by molar-refractivity contribution is 0.0747. The van der Waals surface area contributed by atoms with E-state index in [0.29, 0.717) is 0 Å². The normalized spacial score (nSPS) is 15.5. The molecule has 1 fully saturated rings. The van der Waals surface area contributed by atoms with Crippen LogP contribution in [0.4, 0.5) is 0 Å². The molecule has 158 valence electrons. The number of fused-ring (bicyclic) bond motifs is 1. The summed E-state index contributed by atoms with van der Waals surface area (Å²) < 4.78 is 11.1. The smallest absolute Gasteiger partial charge is 0.118 e. The highest BCUT2D eigenvalue weighted by Crippen LogP contribution is 2.15. The van der Waals surface area contributed by atoms with Crippen LogP contribution in [0.5, 0.6) is 5.75 Å². The number of aromatic nitrogens is 1. The molecule has 0 unspecified atom stereocenters. The number of rotatable bonds is 9. The molecule has 1 aliphatic heterocycles. The third kappa shape index (κ3) is 5.79. The summed E-state index contributed by atoms with van der Waals surface area (Å²) in [5, 5.41) is 1.20.